The molecular formula is C6H11NaO5S. The summed E-state index contributed by atoms with van der Waals surface area (Å²) in [7, 11) is -4.31. The van der Waals surface area contributed by atoms with Crippen LogP contribution in [0.25, 0.3) is 0 Å². The molecule has 0 rings (SSSR count). The van der Waals surface area contributed by atoms with Gasteiger partial charge in [-0.25, -0.2) is 4.79 Å². The number of ether oxygens (including phenoxy) is 1. The van der Waals surface area contributed by atoms with Crippen molar-refractivity contribution >= 4 is 45.6 Å². The van der Waals surface area contributed by atoms with Gasteiger partial charge < -0.3 is 4.74 Å². The molecule has 0 aliphatic carbocycles. The zero-order chi connectivity index (χ0) is 9.78. The maximum absolute atomic E-state index is 10.5. The summed E-state index contributed by atoms with van der Waals surface area (Å²) in [5, 5.41) is 0. The molecule has 0 aromatic carbocycles. The van der Waals surface area contributed by atoms with E-state index in [9.17, 15) is 13.2 Å². The first-order chi connectivity index (χ1) is 5.41. The van der Waals surface area contributed by atoms with Gasteiger partial charge in [-0.2, -0.15) is 8.42 Å². The molecule has 0 aromatic rings. The van der Waals surface area contributed by atoms with E-state index in [1.54, 1.807) is 0 Å². The number of carbonyl (C=O) groups is 1. The summed E-state index contributed by atoms with van der Waals surface area (Å²) >= 11 is 0. The van der Waals surface area contributed by atoms with Gasteiger partial charge in [-0.3, -0.25) is 4.55 Å². The molecule has 1 N–H and O–H groups in total. The van der Waals surface area contributed by atoms with E-state index >= 15 is 0 Å². The Morgan fingerprint density at radius 3 is 2.38 bits per heavy atom. The minimum atomic E-state index is -4.31. The van der Waals surface area contributed by atoms with Gasteiger partial charge in [0.1, 0.15) is 0 Å². The molecule has 0 amide bonds. The monoisotopic (exact) mass is 218 g/mol. The van der Waals surface area contributed by atoms with E-state index < -0.39 is 21.5 Å². The van der Waals surface area contributed by atoms with Crippen LogP contribution in [0.2, 0.25) is 0 Å². The number of esters is 1. The topological polar surface area (TPSA) is 80.7 Å². The van der Waals surface area contributed by atoms with Gasteiger partial charge in [-0.05, 0) is 6.42 Å². The second-order valence-corrected chi connectivity index (χ2v) is 3.55. The molecule has 0 saturated carbocycles. The van der Waals surface area contributed by atoms with E-state index in [-0.39, 0.29) is 36.0 Å². The Hall–Kier alpha value is 0.120. The molecule has 72 valence electrons. The van der Waals surface area contributed by atoms with Crippen molar-refractivity contribution in [2.24, 2.45) is 0 Å². The normalized spacial score (nSPS) is 12.5. The van der Waals surface area contributed by atoms with Crippen molar-refractivity contribution in [3.8, 4) is 0 Å². The molecule has 0 radical (unpaired) electrons. The van der Waals surface area contributed by atoms with Crippen LogP contribution in [0.4, 0.5) is 0 Å². The molecular weight excluding hydrogens is 207 g/mol. The van der Waals surface area contributed by atoms with Crippen LogP contribution in [0, 0.1) is 0 Å². The molecule has 1 atom stereocenters. The van der Waals surface area contributed by atoms with Crippen LogP contribution in [-0.2, 0) is 19.6 Å². The SMILES string of the molecule is C=CC(=O)OC(CC)S(=O)(=O)O.[NaH]. The fourth-order valence-electron chi connectivity index (χ4n) is 0.532. The second-order valence-electron chi connectivity index (χ2n) is 1.99. The summed E-state index contributed by atoms with van der Waals surface area (Å²) in [6.45, 7) is 4.55. The predicted molar refractivity (Wildman–Crippen MR) is 49.1 cm³/mol. The molecule has 0 bridgehead atoms. The van der Waals surface area contributed by atoms with Gasteiger partial charge in [0.25, 0.3) is 0 Å². The summed E-state index contributed by atoms with van der Waals surface area (Å²) in [5.41, 5.74) is -1.50. The van der Waals surface area contributed by atoms with Crippen LogP contribution < -0.4 is 0 Å². The van der Waals surface area contributed by atoms with Crippen molar-refractivity contribution in [1.82, 2.24) is 0 Å². The number of hydrogen-bond acceptors (Lipinski definition) is 4. The molecule has 0 saturated heterocycles. The second kappa shape index (κ2) is 6.56. The van der Waals surface area contributed by atoms with Crippen LogP contribution in [0.15, 0.2) is 12.7 Å². The Bertz CT molecular complexity index is 271. The fourth-order valence-corrected chi connectivity index (χ4v) is 1.17. The van der Waals surface area contributed by atoms with E-state index in [0.29, 0.717) is 0 Å². The standard InChI is InChI=1S/C6H10O5S.Na.H/c1-3-5(7)11-6(4-2)12(8,9)10;;/h3,6H,1,4H2,2H3,(H,8,9,10);;. The molecule has 1 unspecified atom stereocenters. The number of carbonyl (C=O) groups excluding carboxylic acids is 1. The van der Waals surface area contributed by atoms with Crippen molar-refractivity contribution in [2.45, 2.75) is 18.8 Å². The van der Waals surface area contributed by atoms with Crippen molar-refractivity contribution in [2.75, 3.05) is 0 Å². The average Bonchev–Trinajstić information content (AvgIpc) is 1.97. The Kier molecular flexibility index (Phi) is 7.86. The molecule has 5 nitrogen and oxygen atoms in total. The molecule has 7 heteroatoms. The third-order valence-corrected chi connectivity index (χ3v) is 2.17. The van der Waals surface area contributed by atoms with E-state index in [0.717, 1.165) is 6.08 Å². The average molecular weight is 218 g/mol. The van der Waals surface area contributed by atoms with Crippen LogP contribution in [0.5, 0.6) is 0 Å². The van der Waals surface area contributed by atoms with Crippen molar-refractivity contribution < 1.29 is 22.5 Å². The predicted octanol–water partition coefficient (Wildman–Crippen LogP) is -0.309. The Balaban J connectivity index is 0. The summed E-state index contributed by atoms with van der Waals surface area (Å²) < 4.78 is 33.7. The maximum atomic E-state index is 10.5. The van der Waals surface area contributed by atoms with Gasteiger partial charge in [-0.15, -0.1) is 0 Å². The summed E-state index contributed by atoms with van der Waals surface area (Å²) in [6, 6.07) is 0. The Labute approximate surface area is 99.2 Å². The molecule has 13 heavy (non-hydrogen) atoms. The summed E-state index contributed by atoms with van der Waals surface area (Å²) in [5.74, 6) is -0.875. The van der Waals surface area contributed by atoms with Crippen LogP contribution in [-0.4, -0.2) is 53.9 Å². The fraction of sp³-hybridized carbons (Fsp3) is 0.500. The number of rotatable bonds is 4. The van der Waals surface area contributed by atoms with Crippen molar-refractivity contribution in [3.63, 3.8) is 0 Å². The first kappa shape index (κ1) is 15.6. The van der Waals surface area contributed by atoms with Gasteiger partial charge in [0.05, 0.1) is 0 Å². The zero-order valence-electron chi connectivity index (χ0n) is 6.56. The minimum absolute atomic E-state index is 0. The Morgan fingerprint density at radius 1 is 1.69 bits per heavy atom. The molecule has 0 aliphatic rings. The van der Waals surface area contributed by atoms with E-state index in [2.05, 4.69) is 11.3 Å². The molecule has 0 heterocycles. The Morgan fingerprint density at radius 2 is 2.15 bits per heavy atom. The van der Waals surface area contributed by atoms with Gasteiger partial charge in [0.15, 0.2) is 0 Å². The van der Waals surface area contributed by atoms with Crippen LogP contribution in [0.1, 0.15) is 13.3 Å². The first-order valence-corrected chi connectivity index (χ1v) is 4.71. The summed E-state index contributed by atoms with van der Waals surface area (Å²) in [6.07, 6.45) is 0.826. The first-order valence-electron chi connectivity index (χ1n) is 3.21. The summed E-state index contributed by atoms with van der Waals surface area (Å²) in [4.78, 5) is 10.5. The quantitative estimate of drug-likeness (QED) is 0.303. The number of hydrogen-bond donors (Lipinski definition) is 1. The van der Waals surface area contributed by atoms with Crippen molar-refractivity contribution in [3.05, 3.63) is 12.7 Å². The van der Waals surface area contributed by atoms with Crippen molar-refractivity contribution in [1.29, 1.82) is 0 Å². The zero-order valence-corrected chi connectivity index (χ0v) is 7.37. The molecule has 0 fully saturated rings. The third-order valence-electron chi connectivity index (χ3n) is 1.08. The van der Waals surface area contributed by atoms with E-state index in [4.69, 9.17) is 4.55 Å². The van der Waals surface area contributed by atoms with Crippen LogP contribution in [0.3, 0.4) is 0 Å². The van der Waals surface area contributed by atoms with Gasteiger partial charge >= 0.3 is 45.6 Å². The molecule has 0 spiro atoms. The third kappa shape index (κ3) is 6.23. The van der Waals surface area contributed by atoms with Crippen LogP contribution >= 0.6 is 0 Å². The van der Waals surface area contributed by atoms with E-state index in [1.807, 2.05) is 0 Å². The molecule has 0 aliphatic heterocycles. The van der Waals surface area contributed by atoms with Gasteiger partial charge in [0, 0.05) is 6.08 Å². The van der Waals surface area contributed by atoms with E-state index in [1.165, 1.54) is 6.92 Å². The molecule has 0 aromatic heterocycles. The van der Waals surface area contributed by atoms with Gasteiger partial charge in [0.2, 0.25) is 5.44 Å². The van der Waals surface area contributed by atoms with Gasteiger partial charge in [-0.1, -0.05) is 13.5 Å².